The maximum absolute atomic E-state index is 11.7. The number of anilines is 1. The van der Waals surface area contributed by atoms with E-state index in [2.05, 4.69) is 12.2 Å². The lowest BCUT2D eigenvalue weighted by molar-refractivity contribution is -0.116. The summed E-state index contributed by atoms with van der Waals surface area (Å²) in [5, 5.41) is 3.19. The van der Waals surface area contributed by atoms with Crippen LogP contribution in [0, 0.1) is 0 Å². The number of allylic oxidation sites excluding steroid dienone is 1. The number of Topliss-reactive ketones (excluding diaryl/α,β-unsaturated/α-hetero) is 1. The molecule has 0 spiro atoms. The fourth-order valence-electron chi connectivity index (χ4n) is 2.09. The van der Waals surface area contributed by atoms with Crippen molar-refractivity contribution < 1.29 is 9.53 Å². The molecule has 0 saturated heterocycles. The highest BCUT2D eigenvalue weighted by atomic mass is 16.5. The summed E-state index contributed by atoms with van der Waals surface area (Å²) in [6, 6.07) is 7.82. The molecule has 1 saturated carbocycles. The smallest absolute Gasteiger partial charge is 0.160 e. The lowest BCUT2D eigenvalue weighted by Gasteiger charge is -2.13. The Labute approximate surface area is 114 Å². The summed E-state index contributed by atoms with van der Waals surface area (Å²) in [5.41, 5.74) is 1.90. The highest BCUT2D eigenvalue weighted by molar-refractivity contribution is 5.96. The third-order valence-electron chi connectivity index (χ3n) is 3.20. The summed E-state index contributed by atoms with van der Waals surface area (Å²) in [6.07, 6.45) is 6.58. The van der Waals surface area contributed by atoms with Crippen LogP contribution < -0.4 is 10.1 Å². The van der Waals surface area contributed by atoms with Gasteiger partial charge in [-0.1, -0.05) is 6.92 Å². The molecular formula is C16H21NO2. The van der Waals surface area contributed by atoms with E-state index in [0.29, 0.717) is 6.42 Å². The molecule has 1 aromatic rings. The second-order valence-corrected chi connectivity index (χ2v) is 4.82. The topological polar surface area (TPSA) is 38.3 Å². The minimum absolute atomic E-state index is 0.279. The van der Waals surface area contributed by atoms with Crippen molar-refractivity contribution in [3.8, 4) is 5.75 Å². The minimum Gasteiger partial charge on any atom is -0.494 e. The van der Waals surface area contributed by atoms with E-state index in [4.69, 9.17) is 4.74 Å². The minimum atomic E-state index is 0.279. The normalized spacial score (nSPS) is 17.5. The molecule has 0 aliphatic heterocycles. The quantitative estimate of drug-likeness (QED) is 0.815. The van der Waals surface area contributed by atoms with Crippen LogP contribution in [0.15, 0.2) is 36.0 Å². The summed E-state index contributed by atoms with van der Waals surface area (Å²) >= 11 is 0. The van der Waals surface area contributed by atoms with Gasteiger partial charge in [-0.15, -0.1) is 0 Å². The first kappa shape index (κ1) is 13.7. The zero-order chi connectivity index (χ0) is 13.5. The molecule has 102 valence electrons. The number of ether oxygens (including phenoxy) is 1. The Morgan fingerprint density at radius 1 is 1.21 bits per heavy atom. The van der Waals surface area contributed by atoms with E-state index in [1.54, 1.807) is 0 Å². The van der Waals surface area contributed by atoms with E-state index in [9.17, 15) is 4.79 Å². The lowest BCUT2D eigenvalue weighted by atomic mass is 9.94. The third-order valence-corrected chi connectivity index (χ3v) is 3.20. The van der Waals surface area contributed by atoms with Crippen LogP contribution in [-0.2, 0) is 4.79 Å². The lowest BCUT2D eigenvalue weighted by Crippen LogP contribution is -2.09. The Balaban J connectivity index is 1.92. The van der Waals surface area contributed by atoms with E-state index < -0.39 is 0 Å². The van der Waals surface area contributed by atoms with Gasteiger partial charge >= 0.3 is 0 Å². The second-order valence-electron chi connectivity index (χ2n) is 4.82. The number of benzene rings is 1. The van der Waals surface area contributed by atoms with Crippen LogP contribution in [0.3, 0.4) is 0 Å². The van der Waals surface area contributed by atoms with Gasteiger partial charge in [0.05, 0.1) is 6.61 Å². The molecule has 0 amide bonds. The number of ketones is 1. The highest BCUT2D eigenvalue weighted by Gasteiger charge is 2.14. The first-order chi connectivity index (χ1) is 9.29. The molecular weight excluding hydrogens is 238 g/mol. The predicted molar refractivity (Wildman–Crippen MR) is 77.4 cm³/mol. The Morgan fingerprint density at radius 2 is 1.95 bits per heavy atom. The summed E-state index contributed by atoms with van der Waals surface area (Å²) in [5.74, 6) is 1.16. The third kappa shape index (κ3) is 4.12. The Morgan fingerprint density at radius 3 is 2.63 bits per heavy atom. The molecule has 2 rings (SSSR count). The maximum atomic E-state index is 11.7. The average Bonchev–Trinajstić information content (AvgIpc) is 2.45. The molecule has 1 aliphatic carbocycles. The zero-order valence-corrected chi connectivity index (χ0v) is 11.4. The van der Waals surface area contributed by atoms with E-state index in [-0.39, 0.29) is 5.78 Å². The standard InChI is InChI=1S/C16H21NO2/c1-2-11-19-15-9-7-14(8-10-15)17-12-13-5-3-4-6-16(13)18/h7-10,12,17H,2-6,11H2,1H3/b13-12+. The van der Waals surface area contributed by atoms with Crippen LogP contribution in [0.25, 0.3) is 0 Å². The zero-order valence-electron chi connectivity index (χ0n) is 11.4. The molecule has 0 bridgehead atoms. The highest BCUT2D eigenvalue weighted by Crippen LogP contribution is 2.21. The number of rotatable bonds is 5. The number of carbonyl (C=O) groups is 1. The molecule has 3 heteroatoms. The number of hydrogen-bond donors (Lipinski definition) is 1. The Bertz CT molecular complexity index is 448. The molecule has 0 radical (unpaired) electrons. The molecule has 1 fully saturated rings. The molecule has 19 heavy (non-hydrogen) atoms. The van der Waals surface area contributed by atoms with Gasteiger partial charge < -0.3 is 10.1 Å². The monoisotopic (exact) mass is 259 g/mol. The van der Waals surface area contributed by atoms with Gasteiger partial charge in [-0.2, -0.15) is 0 Å². The molecule has 1 aliphatic rings. The van der Waals surface area contributed by atoms with Crippen LogP contribution in [0.4, 0.5) is 5.69 Å². The predicted octanol–water partition coefficient (Wildman–Crippen LogP) is 3.91. The molecule has 0 aromatic heterocycles. The molecule has 1 N–H and O–H groups in total. The van der Waals surface area contributed by atoms with Crippen molar-refractivity contribution >= 4 is 11.5 Å². The fraction of sp³-hybridized carbons (Fsp3) is 0.438. The van der Waals surface area contributed by atoms with Crippen molar-refractivity contribution in [2.75, 3.05) is 11.9 Å². The molecule has 1 aromatic carbocycles. The van der Waals surface area contributed by atoms with E-state index in [1.165, 1.54) is 0 Å². The van der Waals surface area contributed by atoms with E-state index >= 15 is 0 Å². The van der Waals surface area contributed by atoms with Crippen molar-refractivity contribution in [3.05, 3.63) is 36.0 Å². The summed E-state index contributed by atoms with van der Waals surface area (Å²) in [7, 11) is 0. The largest absolute Gasteiger partial charge is 0.494 e. The van der Waals surface area contributed by atoms with Crippen LogP contribution in [0.5, 0.6) is 5.75 Å². The molecule has 0 atom stereocenters. The van der Waals surface area contributed by atoms with E-state index in [1.807, 2.05) is 30.5 Å². The maximum Gasteiger partial charge on any atom is 0.160 e. The number of hydrogen-bond acceptors (Lipinski definition) is 3. The fourth-order valence-corrected chi connectivity index (χ4v) is 2.09. The second kappa shape index (κ2) is 6.98. The summed E-state index contributed by atoms with van der Waals surface area (Å²) in [4.78, 5) is 11.7. The van der Waals surface area contributed by atoms with Gasteiger partial charge in [0.15, 0.2) is 5.78 Å². The van der Waals surface area contributed by atoms with Crippen molar-refractivity contribution in [2.24, 2.45) is 0 Å². The van der Waals surface area contributed by atoms with Gasteiger partial charge in [0.25, 0.3) is 0 Å². The average molecular weight is 259 g/mol. The van der Waals surface area contributed by atoms with Crippen molar-refractivity contribution in [1.82, 2.24) is 0 Å². The first-order valence-electron chi connectivity index (χ1n) is 7.01. The van der Waals surface area contributed by atoms with Crippen molar-refractivity contribution in [2.45, 2.75) is 39.0 Å². The molecule has 0 unspecified atom stereocenters. The van der Waals surface area contributed by atoms with Crippen molar-refractivity contribution in [3.63, 3.8) is 0 Å². The van der Waals surface area contributed by atoms with Crippen molar-refractivity contribution in [1.29, 1.82) is 0 Å². The van der Waals surface area contributed by atoms with Gasteiger partial charge in [-0.05, 0) is 49.9 Å². The Kier molecular flexibility index (Phi) is 5.01. The summed E-state index contributed by atoms with van der Waals surface area (Å²) in [6.45, 7) is 2.83. The van der Waals surface area contributed by atoms with Gasteiger partial charge in [0.1, 0.15) is 5.75 Å². The van der Waals surface area contributed by atoms with Gasteiger partial charge in [0, 0.05) is 23.9 Å². The van der Waals surface area contributed by atoms with Gasteiger partial charge in [-0.25, -0.2) is 0 Å². The van der Waals surface area contributed by atoms with Crippen LogP contribution in [0.1, 0.15) is 39.0 Å². The van der Waals surface area contributed by atoms with Gasteiger partial charge in [-0.3, -0.25) is 4.79 Å². The van der Waals surface area contributed by atoms with Crippen LogP contribution >= 0.6 is 0 Å². The molecule has 0 heterocycles. The van der Waals surface area contributed by atoms with Crippen LogP contribution in [-0.4, -0.2) is 12.4 Å². The Hall–Kier alpha value is -1.77. The van der Waals surface area contributed by atoms with Gasteiger partial charge in [0.2, 0.25) is 0 Å². The SMILES string of the molecule is CCCOc1ccc(N/C=C2\CCCCC2=O)cc1. The number of nitrogens with one attached hydrogen (secondary N) is 1. The summed E-state index contributed by atoms with van der Waals surface area (Å²) < 4.78 is 5.52. The number of carbonyl (C=O) groups excluding carboxylic acids is 1. The first-order valence-corrected chi connectivity index (χ1v) is 7.01. The van der Waals surface area contributed by atoms with Crippen LogP contribution in [0.2, 0.25) is 0 Å². The van der Waals surface area contributed by atoms with E-state index in [0.717, 1.165) is 49.3 Å². The molecule has 3 nitrogen and oxygen atoms in total.